The second-order valence-electron chi connectivity index (χ2n) is 8.78. The van der Waals surface area contributed by atoms with Crippen molar-refractivity contribution in [3.05, 3.63) is 59.2 Å². The van der Waals surface area contributed by atoms with E-state index in [0.29, 0.717) is 13.0 Å². The van der Waals surface area contributed by atoms with Gasteiger partial charge in [-0.1, -0.05) is 24.3 Å². The third kappa shape index (κ3) is 5.45. The van der Waals surface area contributed by atoms with Gasteiger partial charge in [-0.2, -0.15) is 0 Å². The highest BCUT2D eigenvalue weighted by molar-refractivity contribution is 7.89. The van der Waals surface area contributed by atoms with Crippen molar-refractivity contribution in [2.24, 2.45) is 0 Å². The van der Waals surface area contributed by atoms with Crippen molar-refractivity contribution >= 4 is 27.5 Å². The maximum Gasteiger partial charge on any atom is 0.240 e. The number of carbonyl (C=O) groups is 2. The van der Waals surface area contributed by atoms with Gasteiger partial charge in [0.15, 0.2) is 0 Å². The van der Waals surface area contributed by atoms with E-state index in [4.69, 9.17) is 0 Å². The van der Waals surface area contributed by atoms with Crippen LogP contribution in [0.4, 0.5) is 5.69 Å². The molecular weight excluding hydrogens is 438 g/mol. The van der Waals surface area contributed by atoms with E-state index in [1.54, 1.807) is 23.1 Å². The molecule has 8 heteroatoms. The minimum Gasteiger partial charge on any atom is -0.343 e. The van der Waals surface area contributed by atoms with Crippen LogP contribution in [0.1, 0.15) is 48.8 Å². The number of benzene rings is 2. The number of piperidine rings is 1. The highest BCUT2D eigenvalue weighted by Crippen LogP contribution is 2.31. The zero-order chi connectivity index (χ0) is 23.4. The smallest absolute Gasteiger partial charge is 0.240 e. The largest absolute Gasteiger partial charge is 0.343 e. The Kier molecular flexibility index (Phi) is 7.14. The van der Waals surface area contributed by atoms with Crippen molar-refractivity contribution < 1.29 is 18.0 Å². The van der Waals surface area contributed by atoms with Crippen molar-refractivity contribution in [2.45, 2.75) is 56.9 Å². The molecule has 176 valence electrons. The predicted molar refractivity (Wildman–Crippen MR) is 127 cm³/mol. The van der Waals surface area contributed by atoms with Crippen LogP contribution in [-0.4, -0.2) is 44.8 Å². The number of nitrogens with zero attached hydrogens (tertiary/aromatic N) is 2. The van der Waals surface area contributed by atoms with Gasteiger partial charge < -0.3 is 9.80 Å². The minimum atomic E-state index is -3.67. The molecule has 0 unspecified atom stereocenters. The number of nitrogens with one attached hydrogen (secondary N) is 1. The Morgan fingerprint density at radius 3 is 2.42 bits per heavy atom. The zero-order valence-corrected chi connectivity index (χ0v) is 19.9. The number of anilines is 1. The lowest BCUT2D eigenvalue weighted by Gasteiger charge is -2.27. The molecule has 2 heterocycles. The first-order chi connectivity index (χ1) is 15.8. The van der Waals surface area contributed by atoms with Crippen LogP contribution in [0.25, 0.3) is 0 Å². The molecule has 4 rings (SSSR count). The summed E-state index contributed by atoms with van der Waals surface area (Å²) in [5.41, 5.74) is 3.54. The summed E-state index contributed by atoms with van der Waals surface area (Å²) < 4.78 is 28.3. The predicted octanol–water partition coefficient (Wildman–Crippen LogP) is 3.16. The van der Waals surface area contributed by atoms with E-state index in [1.807, 2.05) is 36.1 Å². The summed E-state index contributed by atoms with van der Waals surface area (Å²) in [5, 5.41) is 0. The molecule has 2 aromatic rings. The average Bonchev–Trinajstić information content (AvgIpc) is 3.26. The van der Waals surface area contributed by atoms with Crippen molar-refractivity contribution in [1.82, 2.24) is 9.62 Å². The van der Waals surface area contributed by atoms with Gasteiger partial charge in [0.25, 0.3) is 0 Å². The number of sulfonamides is 1. The number of hydrogen-bond acceptors (Lipinski definition) is 4. The molecule has 0 atom stereocenters. The molecule has 0 spiro atoms. The van der Waals surface area contributed by atoms with E-state index in [1.165, 1.54) is 0 Å². The summed E-state index contributed by atoms with van der Waals surface area (Å²) in [5.74, 6) is -0.0453. The Bertz CT molecular complexity index is 1140. The first-order valence-corrected chi connectivity index (χ1v) is 13.1. The van der Waals surface area contributed by atoms with Crippen molar-refractivity contribution in [2.75, 3.05) is 24.5 Å². The molecule has 0 radical (unpaired) electrons. The van der Waals surface area contributed by atoms with Crippen LogP contribution in [0.2, 0.25) is 0 Å². The monoisotopic (exact) mass is 469 g/mol. The molecular formula is C25H31N3O4S. The molecule has 2 aliphatic rings. The molecule has 2 amide bonds. The Balaban J connectivity index is 1.38. The number of likely N-dealkylation sites (tertiary alicyclic amines) is 1. The lowest BCUT2D eigenvalue weighted by molar-refractivity contribution is -0.133. The second kappa shape index (κ2) is 10.1. The van der Waals surface area contributed by atoms with Crippen molar-refractivity contribution in [3.63, 3.8) is 0 Å². The normalized spacial score (nSPS) is 16.0. The fourth-order valence-electron chi connectivity index (χ4n) is 4.52. The molecule has 1 N–H and O–H groups in total. The first kappa shape index (κ1) is 23.4. The van der Waals surface area contributed by atoms with Crippen LogP contribution in [-0.2, 0) is 32.6 Å². The van der Waals surface area contributed by atoms with Crippen molar-refractivity contribution in [1.29, 1.82) is 0 Å². The van der Waals surface area contributed by atoms with Crippen LogP contribution >= 0.6 is 0 Å². The topological polar surface area (TPSA) is 86.8 Å². The van der Waals surface area contributed by atoms with Crippen LogP contribution < -0.4 is 9.62 Å². The van der Waals surface area contributed by atoms with E-state index < -0.39 is 10.0 Å². The zero-order valence-electron chi connectivity index (χ0n) is 19.0. The number of amides is 2. The van der Waals surface area contributed by atoms with Gasteiger partial charge in [-0.05, 0) is 67.5 Å². The second-order valence-corrected chi connectivity index (χ2v) is 10.5. The van der Waals surface area contributed by atoms with E-state index in [0.717, 1.165) is 54.7 Å². The van der Waals surface area contributed by atoms with Gasteiger partial charge >= 0.3 is 0 Å². The number of rotatable bonds is 7. The summed E-state index contributed by atoms with van der Waals surface area (Å²) in [4.78, 5) is 28.9. The van der Waals surface area contributed by atoms with Crippen LogP contribution in [0.3, 0.4) is 0 Å². The lowest BCUT2D eigenvalue weighted by atomic mass is 10.1. The van der Waals surface area contributed by atoms with E-state index in [2.05, 4.69) is 4.72 Å². The molecule has 0 aliphatic carbocycles. The number of aryl methyl sites for hydroxylation is 1. The Hall–Kier alpha value is -2.71. The van der Waals surface area contributed by atoms with Crippen molar-refractivity contribution in [3.8, 4) is 0 Å². The molecule has 0 bridgehead atoms. The number of carbonyl (C=O) groups excluding carboxylic acids is 2. The maximum atomic E-state index is 12.8. The van der Waals surface area contributed by atoms with Crippen LogP contribution in [0, 0.1) is 6.92 Å². The molecule has 0 aromatic heterocycles. The van der Waals surface area contributed by atoms with Gasteiger partial charge in [0.05, 0.1) is 4.90 Å². The van der Waals surface area contributed by atoms with Gasteiger partial charge in [-0.25, -0.2) is 13.1 Å². The maximum absolute atomic E-state index is 12.8. The SMILES string of the molecule is Cc1ccccc1CNS(=O)(=O)c1ccc2c(c1)CCN2C(=O)CCC(=O)N1CCCCC1. The Morgan fingerprint density at radius 1 is 0.939 bits per heavy atom. The molecule has 1 saturated heterocycles. The standard InChI is InChI=1S/C25H31N3O4S/c1-19-7-3-4-8-21(19)18-26-33(31,32)22-9-10-23-20(17-22)13-16-28(23)25(30)12-11-24(29)27-14-5-2-6-15-27/h3-4,7-10,17,26H,2,5-6,11-16,18H2,1H3. The third-order valence-electron chi connectivity index (χ3n) is 6.53. The van der Waals surface area contributed by atoms with E-state index in [9.17, 15) is 18.0 Å². The number of fused-ring (bicyclic) bond motifs is 1. The Morgan fingerprint density at radius 2 is 1.67 bits per heavy atom. The summed E-state index contributed by atoms with van der Waals surface area (Å²) >= 11 is 0. The van der Waals surface area contributed by atoms with Gasteiger partial charge in [0, 0.05) is 44.7 Å². The van der Waals surface area contributed by atoms with Gasteiger partial charge in [-0.3, -0.25) is 9.59 Å². The Labute approximate surface area is 195 Å². The summed E-state index contributed by atoms with van der Waals surface area (Å²) in [6.45, 7) is 4.25. The lowest BCUT2D eigenvalue weighted by Crippen LogP contribution is -2.37. The highest BCUT2D eigenvalue weighted by Gasteiger charge is 2.27. The van der Waals surface area contributed by atoms with E-state index in [-0.39, 0.29) is 36.1 Å². The highest BCUT2D eigenvalue weighted by atomic mass is 32.2. The molecule has 2 aliphatic heterocycles. The van der Waals surface area contributed by atoms with Crippen LogP contribution in [0.15, 0.2) is 47.4 Å². The van der Waals surface area contributed by atoms with Gasteiger partial charge in [-0.15, -0.1) is 0 Å². The van der Waals surface area contributed by atoms with E-state index >= 15 is 0 Å². The molecule has 7 nitrogen and oxygen atoms in total. The van der Waals surface area contributed by atoms with Gasteiger partial charge in [0.2, 0.25) is 21.8 Å². The minimum absolute atomic E-state index is 0.0450. The summed E-state index contributed by atoms with van der Waals surface area (Å²) in [6, 6.07) is 12.6. The molecule has 1 fully saturated rings. The average molecular weight is 470 g/mol. The number of hydrogen-bond donors (Lipinski definition) is 1. The fraction of sp³-hybridized carbons (Fsp3) is 0.440. The first-order valence-electron chi connectivity index (χ1n) is 11.6. The molecule has 0 saturated carbocycles. The summed E-state index contributed by atoms with van der Waals surface area (Å²) in [6.07, 6.45) is 4.22. The van der Waals surface area contributed by atoms with Crippen LogP contribution in [0.5, 0.6) is 0 Å². The third-order valence-corrected chi connectivity index (χ3v) is 7.93. The molecule has 2 aromatic carbocycles. The molecule has 33 heavy (non-hydrogen) atoms. The fourth-order valence-corrected chi connectivity index (χ4v) is 5.58. The van der Waals surface area contributed by atoms with Gasteiger partial charge in [0.1, 0.15) is 0 Å². The summed E-state index contributed by atoms with van der Waals surface area (Å²) in [7, 11) is -3.67. The quantitative estimate of drug-likeness (QED) is 0.675.